The third-order valence-electron chi connectivity index (χ3n) is 8.84. The molecule has 5 rings (SSSR count). The van der Waals surface area contributed by atoms with Gasteiger partial charge in [0.15, 0.2) is 5.78 Å². The molecule has 3 aromatic rings. The summed E-state index contributed by atoms with van der Waals surface area (Å²) in [5, 5.41) is 3.60. The molecule has 236 valence electrons. The minimum atomic E-state index is -1.41. The highest BCUT2D eigenvalue weighted by molar-refractivity contribution is 6.34. The van der Waals surface area contributed by atoms with Crippen LogP contribution < -0.4 is 5.32 Å². The number of hydrogen-bond acceptors (Lipinski definition) is 7. The van der Waals surface area contributed by atoms with Gasteiger partial charge in [-0.1, -0.05) is 29.8 Å². The molecule has 1 aliphatic heterocycles. The maximum absolute atomic E-state index is 15.6. The van der Waals surface area contributed by atoms with E-state index in [0.717, 1.165) is 29.8 Å². The highest BCUT2D eigenvalue weighted by Crippen LogP contribution is 2.35. The number of fused-ring (bicyclic) bond motifs is 1. The summed E-state index contributed by atoms with van der Waals surface area (Å²) in [5.41, 5.74) is 0.126. The van der Waals surface area contributed by atoms with E-state index in [9.17, 15) is 14.4 Å². The lowest BCUT2D eigenvalue weighted by atomic mass is 9.87. The Morgan fingerprint density at radius 1 is 1.07 bits per heavy atom. The van der Waals surface area contributed by atoms with E-state index in [1.54, 1.807) is 6.20 Å². The number of Topliss-reactive ketones (excluding diaryl/α,β-unsaturated/α-hetero) is 1. The first kappa shape index (κ1) is 32.1. The van der Waals surface area contributed by atoms with Crippen LogP contribution >= 0.6 is 11.6 Å². The van der Waals surface area contributed by atoms with Gasteiger partial charge in [-0.05, 0) is 62.3 Å². The van der Waals surface area contributed by atoms with Crippen molar-refractivity contribution in [2.45, 2.75) is 56.8 Å². The van der Waals surface area contributed by atoms with Gasteiger partial charge in [0.1, 0.15) is 5.82 Å². The number of ether oxygens (including phenoxy) is 3. The quantitative estimate of drug-likeness (QED) is 0.280. The zero-order chi connectivity index (χ0) is 31.4. The number of rotatable bonds is 11. The van der Waals surface area contributed by atoms with E-state index in [2.05, 4.69) is 5.32 Å². The SMILES string of the molecule is COCC(OC1CCC(C(=O)OC)CC1)(C(=O)Cc1cc(Cl)c(NC(=O)c2cn(C)c3ccccc23)cc1F)N1CCCC1. The molecule has 0 bridgehead atoms. The molecular weight excluding hydrogens is 589 g/mol. The molecule has 1 aliphatic carbocycles. The average Bonchev–Trinajstić information content (AvgIpc) is 3.68. The van der Waals surface area contributed by atoms with Crippen molar-refractivity contribution in [1.82, 2.24) is 9.47 Å². The molecule has 1 aromatic heterocycles. The predicted molar refractivity (Wildman–Crippen MR) is 165 cm³/mol. The smallest absolute Gasteiger partial charge is 0.308 e. The monoisotopic (exact) mass is 627 g/mol. The van der Waals surface area contributed by atoms with E-state index in [4.69, 9.17) is 25.8 Å². The third-order valence-corrected chi connectivity index (χ3v) is 9.15. The van der Waals surface area contributed by atoms with Crippen LogP contribution in [0.1, 0.15) is 54.4 Å². The maximum atomic E-state index is 15.6. The van der Waals surface area contributed by atoms with Gasteiger partial charge in [0.05, 0.1) is 42.0 Å². The summed E-state index contributed by atoms with van der Waals surface area (Å²) >= 11 is 6.55. The van der Waals surface area contributed by atoms with Crippen molar-refractivity contribution in [3.63, 3.8) is 0 Å². The summed E-state index contributed by atoms with van der Waals surface area (Å²) in [7, 11) is 4.75. The van der Waals surface area contributed by atoms with Crippen LogP contribution in [0.2, 0.25) is 5.02 Å². The van der Waals surface area contributed by atoms with Crippen LogP contribution in [0, 0.1) is 11.7 Å². The van der Waals surface area contributed by atoms with E-state index in [-0.39, 0.29) is 53.1 Å². The Kier molecular flexibility index (Phi) is 10.0. The van der Waals surface area contributed by atoms with Gasteiger partial charge in [-0.2, -0.15) is 0 Å². The molecule has 1 amide bonds. The molecule has 2 fully saturated rings. The first-order valence-corrected chi connectivity index (χ1v) is 15.4. The summed E-state index contributed by atoms with van der Waals surface area (Å²) < 4.78 is 34.5. The second-order valence-corrected chi connectivity index (χ2v) is 12.1. The number of para-hydroxylation sites is 1. The molecule has 1 saturated heterocycles. The summed E-state index contributed by atoms with van der Waals surface area (Å²) in [4.78, 5) is 41.3. The van der Waals surface area contributed by atoms with Crippen molar-refractivity contribution in [2.75, 3.05) is 39.2 Å². The summed E-state index contributed by atoms with van der Waals surface area (Å²) in [5.74, 6) is -1.84. The first-order valence-electron chi connectivity index (χ1n) is 15.0. The molecule has 9 nitrogen and oxygen atoms in total. The van der Waals surface area contributed by atoms with Crippen LogP contribution in [-0.2, 0) is 37.3 Å². The van der Waals surface area contributed by atoms with Crippen molar-refractivity contribution in [1.29, 1.82) is 0 Å². The van der Waals surface area contributed by atoms with Gasteiger partial charge in [0, 0.05) is 50.8 Å². The van der Waals surface area contributed by atoms with Crippen molar-refractivity contribution in [2.24, 2.45) is 13.0 Å². The molecule has 0 spiro atoms. The van der Waals surface area contributed by atoms with Crippen LogP contribution in [0.3, 0.4) is 0 Å². The number of carbonyl (C=O) groups is 3. The summed E-state index contributed by atoms with van der Waals surface area (Å²) in [6, 6.07) is 10.0. The Balaban J connectivity index is 1.35. The van der Waals surface area contributed by atoms with E-state index in [0.29, 0.717) is 44.3 Å². The molecule has 1 unspecified atom stereocenters. The number of methoxy groups -OCH3 is 2. The molecule has 1 atom stereocenters. The van der Waals surface area contributed by atoms with Gasteiger partial charge < -0.3 is 24.1 Å². The molecule has 44 heavy (non-hydrogen) atoms. The fraction of sp³-hybridized carbons (Fsp3) is 0.485. The molecule has 11 heteroatoms. The van der Waals surface area contributed by atoms with Crippen LogP contribution in [-0.4, -0.2) is 72.9 Å². The Morgan fingerprint density at radius 2 is 1.77 bits per heavy atom. The number of nitrogens with one attached hydrogen (secondary N) is 1. The van der Waals surface area contributed by atoms with Crippen LogP contribution in [0.5, 0.6) is 0 Å². The van der Waals surface area contributed by atoms with Crippen LogP contribution in [0.4, 0.5) is 10.1 Å². The molecular formula is C33H39ClFN3O6. The van der Waals surface area contributed by atoms with Gasteiger partial charge in [-0.25, -0.2) is 4.39 Å². The number of amides is 1. The maximum Gasteiger partial charge on any atom is 0.308 e. The van der Waals surface area contributed by atoms with Crippen LogP contribution in [0.15, 0.2) is 42.6 Å². The van der Waals surface area contributed by atoms with Gasteiger partial charge in [0.25, 0.3) is 5.91 Å². The number of nitrogens with zero attached hydrogens (tertiary/aromatic N) is 2. The van der Waals surface area contributed by atoms with E-state index >= 15 is 4.39 Å². The minimum Gasteiger partial charge on any atom is -0.469 e. The molecule has 2 aromatic carbocycles. The second-order valence-electron chi connectivity index (χ2n) is 11.7. The third kappa shape index (κ3) is 6.54. The number of carbonyl (C=O) groups excluding carboxylic acids is 3. The Hall–Kier alpha value is -3.31. The Morgan fingerprint density at radius 3 is 2.45 bits per heavy atom. The molecule has 1 saturated carbocycles. The number of benzene rings is 2. The number of likely N-dealkylation sites (tertiary alicyclic amines) is 1. The van der Waals surface area contributed by atoms with Gasteiger partial charge in [-0.15, -0.1) is 0 Å². The number of hydrogen-bond donors (Lipinski definition) is 1. The molecule has 0 radical (unpaired) electrons. The molecule has 1 N–H and O–H groups in total. The number of aryl methyl sites for hydroxylation is 1. The van der Waals surface area contributed by atoms with E-state index in [1.165, 1.54) is 20.3 Å². The number of esters is 1. The lowest BCUT2D eigenvalue weighted by Crippen LogP contribution is -2.61. The fourth-order valence-electron chi connectivity index (χ4n) is 6.50. The van der Waals surface area contributed by atoms with Crippen molar-refractivity contribution in [3.8, 4) is 0 Å². The highest BCUT2D eigenvalue weighted by atomic mass is 35.5. The fourth-order valence-corrected chi connectivity index (χ4v) is 6.73. The number of anilines is 1. The van der Waals surface area contributed by atoms with E-state index in [1.807, 2.05) is 40.8 Å². The van der Waals surface area contributed by atoms with E-state index < -0.39 is 17.4 Å². The molecule has 2 heterocycles. The Labute approximate surface area is 261 Å². The van der Waals surface area contributed by atoms with Crippen LogP contribution in [0.25, 0.3) is 10.9 Å². The first-order chi connectivity index (χ1) is 21.2. The van der Waals surface area contributed by atoms with Gasteiger partial charge in [-0.3, -0.25) is 19.3 Å². The number of aromatic nitrogens is 1. The van der Waals surface area contributed by atoms with Crippen molar-refractivity contribution >= 4 is 45.9 Å². The van der Waals surface area contributed by atoms with Crippen molar-refractivity contribution < 1.29 is 33.0 Å². The topological polar surface area (TPSA) is 99.1 Å². The van der Waals surface area contributed by atoms with Gasteiger partial charge >= 0.3 is 5.97 Å². The predicted octanol–water partition coefficient (Wildman–Crippen LogP) is 5.52. The summed E-state index contributed by atoms with van der Waals surface area (Å²) in [6.45, 7) is 1.28. The normalized spacial score (nSPS) is 20.4. The second kappa shape index (κ2) is 13.8. The minimum absolute atomic E-state index is 0.0166. The number of halogens is 2. The summed E-state index contributed by atoms with van der Waals surface area (Å²) in [6.07, 6.45) is 5.37. The molecule has 2 aliphatic rings. The lowest BCUT2D eigenvalue weighted by molar-refractivity contribution is -0.211. The highest BCUT2D eigenvalue weighted by Gasteiger charge is 2.48. The average molecular weight is 628 g/mol. The number of ketones is 1. The standard InChI is InChI=1S/C33H39ClFN3O6/c1-37-19-25(24-8-4-5-9-29(24)37)31(40)36-28-18-27(35)22(16-26(28)34)17-30(39)33(20-42-2,38-14-6-7-15-38)44-23-12-10-21(11-13-23)32(41)43-3/h4-5,8-9,16,18-19,21,23H,6-7,10-15,17,20H2,1-3H3,(H,36,40). The zero-order valence-electron chi connectivity index (χ0n) is 25.4. The van der Waals surface area contributed by atoms with Crippen molar-refractivity contribution in [3.05, 3.63) is 64.6 Å². The van der Waals surface area contributed by atoms with Gasteiger partial charge in [0.2, 0.25) is 5.72 Å². The zero-order valence-corrected chi connectivity index (χ0v) is 26.1. The lowest BCUT2D eigenvalue weighted by Gasteiger charge is -2.43. The Bertz CT molecular complexity index is 1530. The largest absolute Gasteiger partial charge is 0.469 e.